The third-order valence-electron chi connectivity index (χ3n) is 7.56. The number of nitrogens with one attached hydrogen (secondary N) is 1. The van der Waals surface area contributed by atoms with E-state index in [1.54, 1.807) is 24.7 Å². The van der Waals surface area contributed by atoms with Gasteiger partial charge in [-0.15, -0.1) is 0 Å². The summed E-state index contributed by atoms with van der Waals surface area (Å²) in [4.78, 5) is 16.1. The molecule has 2 aromatic heterocycles. The maximum atomic E-state index is 12.9. The van der Waals surface area contributed by atoms with Crippen LogP contribution in [-0.2, 0) is 12.7 Å². The number of allylic oxidation sites excluding steroid dienone is 3. The first-order valence-electron chi connectivity index (χ1n) is 13.6. The Morgan fingerprint density at radius 1 is 1.00 bits per heavy atom. The van der Waals surface area contributed by atoms with Crippen LogP contribution in [0.5, 0.6) is 0 Å². The van der Waals surface area contributed by atoms with Crippen molar-refractivity contribution in [2.24, 2.45) is 15.9 Å². The van der Waals surface area contributed by atoms with E-state index in [-0.39, 0.29) is 5.92 Å². The molecule has 206 valence electrons. The molecule has 6 rings (SSSR count). The molecule has 0 amide bonds. The van der Waals surface area contributed by atoms with Gasteiger partial charge in [0.2, 0.25) is 0 Å². The molecule has 0 bridgehead atoms. The quantitative estimate of drug-likeness (QED) is 0.407. The lowest BCUT2D eigenvalue weighted by molar-refractivity contribution is -0.137. The molecule has 1 aliphatic carbocycles. The molecule has 0 radical (unpaired) electrons. The third kappa shape index (κ3) is 5.91. The Hall–Kier alpha value is -4.05. The Morgan fingerprint density at radius 2 is 1.82 bits per heavy atom. The van der Waals surface area contributed by atoms with Crippen molar-refractivity contribution in [3.05, 3.63) is 84.0 Å². The zero-order valence-electron chi connectivity index (χ0n) is 22.0. The number of nitrogens with zero attached hydrogens (tertiary/aromatic N) is 6. The summed E-state index contributed by atoms with van der Waals surface area (Å²) in [5, 5.41) is 7.86. The van der Waals surface area contributed by atoms with Gasteiger partial charge < -0.3 is 10.2 Å². The summed E-state index contributed by atoms with van der Waals surface area (Å²) in [5.41, 5.74) is 4.31. The molecule has 1 N–H and O–H groups in total. The number of hydrogen-bond acceptors (Lipinski definition) is 5. The Bertz CT molecular complexity index is 1480. The molecule has 2 aliphatic heterocycles. The van der Waals surface area contributed by atoms with Crippen molar-refractivity contribution >= 4 is 23.4 Å². The molecule has 3 aliphatic rings. The monoisotopic (exact) mass is 545 g/mol. The van der Waals surface area contributed by atoms with Gasteiger partial charge in [0.25, 0.3) is 0 Å². The van der Waals surface area contributed by atoms with Crippen molar-refractivity contribution in [1.29, 1.82) is 0 Å². The number of aliphatic imine (C=N–C) groups is 2. The van der Waals surface area contributed by atoms with Crippen LogP contribution in [0.25, 0.3) is 16.8 Å². The van der Waals surface area contributed by atoms with Crippen LogP contribution >= 0.6 is 0 Å². The van der Waals surface area contributed by atoms with Gasteiger partial charge in [0, 0.05) is 35.8 Å². The lowest BCUT2D eigenvalue weighted by atomic mass is 9.89. The highest BCUT2D eigenvalue weighted by atomic mass is 19.4. The lowest BCUT2D eigenvalue weighted by Gasteiger charge is -2.26. The first kappa shape index (κ1) is 26.2. The van der Waals surface area contributed by atoms with E-state index in [2.05, 4.69) is 43.6 Å². The number of fused-ring (bicyclic) bond motifs is 1. The van der Waals surface area contributed by atoms with Crippen molar-refractivity contribution in [1.82, 2.24) is 25.0 Å². The molecule has 1 saturated heterocycles. The molecule has 0 spiro atoms. The first-order chi connectivity index (χ1) is 19.4. The zero-order valence-corrected chi connectivity index (χ0v) is 22.0. The van der Waals surface area contributed by atoms with E-state index in [1.165, 1.54) is 44.5 Å². The van der Waals surface area contributed by atoms with Gasteiger partial charge in [-0.25, -0.2) is 9.98 Å². The van der Waals surface area contributed by atoms with E-state index in [4.69, 9.17) is 4.99 Å². The second-order valence-electron chi connectivity index (χ2n) is 10.3. The number of hydrogen-bond donors (Lipinski definition) is 1. The molecule has 1 atom stereocenters. The molecular weight excluding hydrogens is 515 g/mol. The van der Waals surface area contributed by atoms with Gasteiger partial charge in [-0.2, -0.15) is 18.3 Å². The van der Waals surface area contributed by atoms with E-state index in [0.717, 1.165) is 48.5 Å². The van der Waals surface area contributed by atoms with Gasteiger partial charge in [0.1, 0.15) is 5.84 Å². The van der Waals surface area contributed by atoms with E-state index < -0.39 is 11.7 Å². The second kappa shape index (κ2) is 11.2. The minimum atomic E-state index is -4.38. The van der Waals surface area contributed by atoms with E-state index in [1.807, 2.05) is 10.9 Å². The predicted octanol–water partition coefficient (Wildman–Crippen LogP) is 6.10. The van der Waals surface area contributed by atoms with Gasteiger partial charge in [-0.1, -0.05) is 24.6 Å². The average molecular weight is 546 g/mol. The summed E-state index contributed by atoms with van der Waals surface area (Å²) in [6, 6.07) is 8.51. The molecule has 4 heterocycles. The zero-order chi connectivity index (χ0) is 27.5. The Morgan fingerprint density at radius 3 is 2.62 bits per heavy atom. The molecule has 1 aromatic carbocycles. The van der Waals surface area contributed by atoms with Gasteiger partial charge in [-0.05, 0) is 68.3 Å². The lowest BCUT2D eigenvalue weighted by Crippen LogP contribution is -2.32. The Labute approximate surface area is 230 Å². The summed E-state index contributed by atoms with van der Waals surface area (Å²) < 4.78 is 40.8. The number of rotatable bonds is 6. The fourth-order valence-electron chi connectivity index (χ4n) is 5.33. The van der Waals surface area contributed by atoms with Crippen LogP contribution in [0.3, 0.4) is 0 Å². The molecule has 1 fully saturated rings. The number of alkyl halides is 3. The van der Waals surface area contributed by atoms with Gasteiger partial charge in [0.05, 0.1) is 41.9 Å². The van der Waals surface area contributed by atoms with Crippen molar-refractivity contribution in [3.63, 3.8) is 0 Å². The second-order valence-corrected chi connectivity index (χ2v) is 10.3. The third-order valence-corrected chi connectivity index (χ3v) is 7.56. The maximum Gasteiger partial charge on any atom is 0.416 e. The van der Waals surface area contributed by atoms with Gasteiger partial charge in [0.15, 0.2) is 0 Å². The van der Waals surface area contributed by atoms with Crippen molar-refractivity contribution in [2.45, 2.75) is 38.4 Å². The van der Waals surface area contributed by atoms with E-state index in [9.17, 15) is 13.2 Å². The largest absolute Gasteiger partial charge is 0.416 e. The highest BCUT2D eigenvalue weighted by Gasteiger charge is 2.30. The highest BCUT2D eigenvalue weighted by molar-refractivity contribution is 5.99. The average Bonchev–Trinajstić information content (AvgIpc) is 3.46. The molecule has 1 unspecified atom stereocenters. The molecule has 0 saturated carbocycles. The van der Waals surface area contributed by atoms with Crippen LogP contribution in [0.4, 0.5) is 18.9 Å². The topological polar surface area (TPSA) is 70.7 Å². The number of likely N-dealkylation sites (tertiary alicyclic amines) is 1. The minimum Gasteiger partial charge on any atom is -0.349 e. The summed E-state index contributed by atoms with van der Waals surface area (Å²) in [7, 11) is 0. The van der Waals surface area contributed by atoms with Crippen LogP contribution in [-0.4, -0.2) is 51.5 Å². The van der Waals surface area contributed by atoms with Crippen LogP contribution in [0, 0.1) is 5.92 Å². The molecular formula is C30H30F3N7. The van der Waals surface area contributed by atoms with Crippen LogP contribution < -0.4 is 5.32 Å². The summed E-state index contributed by atoms with van der Waals surface area (Å²) in [6.45, 7) is 4.27. The summed E-state index contributed by atoms with van der Waals surface area (Å²) in [6.07, 6.45) is 11.9. The van der Waals surface area contributed by atoms with Crippen molar-refractivity contribution < 1.29 is 13.2 Å². The first-order valence-corrected chi connectivity index (χ1v) is 13.6. The van der Waals surface area contributed by atoms with Crippen molar-refractivity contribution in [3.8, 4) is 11.3 Å². The fraction of sp³-hybridized carbons (Fsp3) is 0.333. The highest BCUT2D eigenvalue weighted by Crippen LogP contribution is 2.33. The Kier molecular flexibility index (Phi) is 7.34. The van der Waals surface area contributed by atoms with Gasteiger partial charge >= 0.3 is 6.18 Å². The summed E-state index contributed by atoms with van der Waals surface area (Å²) in [5.74, 6) is 0.646. The number of piperidine rings is 1. The standard InChI is InChI=1S/C30H30F3N7/c31-30(32,33)24-7-4-21(5-8-24)27-17-25(10-11-34-27)38-29-26-9-6-22(16-28(26)35-20-36-29)23-18-37-40(19-23)15-14-39-12-2-1-3-13-39/h4-8,10-11,16-20,26H,1-3,9,12-15H2,(H,34,35,36,38). The van der Waals surface area contributed by atoms with Crippen molar-refractivity contribution in [2.75, 3.05) is 19.6 Å². The molecule has 10 heteroatoms. The number of halogens is 3. The number of benzene rings is 1. The van der Waals surface area contributed by atoms with E-state index in [0.29, 0.717) is 22.8 Å². The van der Waals surface area contributed by atoms with Crippen LogP contribution in [0.1, 0.15) is 36.8 Å². The maximum absolute atomic E-state index is 12.9. The SMILES string of the molecule is FC(F)(F)c1ccc(-c2cc(N=C3N=CNC4=CC(c5cnn(CCN6CCCCC6)c5)=CCC43)ccn2)cc1. The van der Waals surface area contributed by atoms with Crippen LogP contribution in [0.15, 0.2) is 82.8 Å². The fourth-order valence-corrected chi connectivity index (χ4v) is 5.33. The minimum absolute atomic E-state index is 0.0226. The van der Waals surface area contributed by atoms with E-state index >= 15 is 0 Å². The normalized spacial score (nSPS) is 20.6. The number of amidine groups is 1. The number of pyridine rings is 1. The molecule has 7 nitrogen and oxygen atoms in total. The Balaban J connectivity index is 1.15. The van der Waals surface area contributed by atoms with Crippen LogP contribution in [0.2, 0.25) is 0 Å². The summed E-state index contributed by atoms with van der Waals surface area (Å²) >= 11 is 0. The molecule has 40 heavy (non-hydrogen) atoms. The molecule has 3 aromatic rings. The smallest absolute Gasteiger partial charge is 0.349 e. The van der Waals surface area contributed by atoms with Gasteiger partial charge in [-0.3, -0.25) is 9.67 Å². The predicted molar refractivity (Wildman–Crippen MR) is 150 cm³/mol. The number of aromatic nitrogens is 3.